The van der Waals surface area contributed by atoms with E-state index in [0.29, 0.717) is 24.0 Å². The van der Waals surface area contributed by atoms with Crippen molar-refractivity contribution in [2.24, 2.45) is 7.05 Å². The van der Waals surface area contributed by atoms with Gasteiger partial charge in [-0.05, 0) is 58.7 Å². The number of aryl methyl sites for hydroxylation is 1. The number of sulfonamides is 1. The molecule has 2 aliphatic rings. The third kappa shape index (κ3) is 3.67. The third-order valence-corrected chi connectivity index (χ3v) is 9.27. The molecule has 0 spiro atoms. The molecule has 2 aliphatic heterocycles. The molecule has 154 valence electrons. The number of thiazole rings is 1. The zero-order chi connectivity index (χ0) is 19.9. The van der Waals surface area contributed by atoms with E-state index < -0.39 is 10.0 Å². The van der Waals surface area contributed by atoms with Crippen LogP contribution in [0.5, 0.6) is 0 Å². The van der Waals surface area contributed by atoms with Crippen LogP contribution in [0.2, 0.25) is 0 Å². The fourth-order valence-corrected chi connectivity index (χ4v) is 7.07. The summed E-state index contributed by atoms with van der Waals surface area (Å²) < 4.78 is 30.4. The van der Waals surface area contributed by atoms with Crippen molar-refractivity contribution >= 4 is 21.4 Å². The summed E-state index contributed by atoms with van der Waals surface area (Å²) in [5.74, 6) is 0. The van der Waals surface area contributed by atoms with Gasteiger partial charge in [0, 0.05) is 42.9 Å². The van der Waals surface area contributed by atoms with Gasteiger partial charge >= 0.3 is 0 Å². The molecule has 0 aliphatic carbocycles. The Balaban J connectivity index is 1.53. The van der Waals surface area contributed by atoms with Gasteiger partial charge in [0.05, 0.1) is 5.69 Å². The largest absolute Gasteiger partial charge is 0.345 e. The summed E-state index contributed by atoms with van der Waals surface area (Å²) in [7, 11) is -1.56. The number of likely N-dealkylation sites (tertiary alicyclic amines) is 1. The Morgan fingerprint density at radius 1 is 1.07 bits per heavy atom. The highest BCUT2D eigenvalue weighted by Gasteiger charge is 2.34. The minimum absolute atomic E-state index is 0.425. The molecule has 0 unspecified atom stereocenters. The highest BCUT2D eigenvalue weighted by Crippen LogP contribution is 2.32. The van der Waals surface area contributed by atoms with Gasteiger partial charge in [0.15, 0.2) is 0 Å². The van der Waals surface area contributed by atoms with E-state index in [1.165, 1.54) is 32.4 Å². The Morgan fingerprint density at radius 3 is 2.36 bits per heavy atom. The van der Waals surface area contributed by atoms with Crippen LogP contribution in [0.25, 0.3) is 10.7 Å². The number of piperidine rings is 2. The van der Waals surface area contributed by atoms with Crippen molar-refractivity contribution < 1.29 is 8.42 Å². The van der Waals surface area contributed by atoms with E-state index in [0.717, 1.165) is 34.9 Å². The Bertz CT molecular complexity index is 934. The van der Waals surface area contributed by atoms with Crippen molar-refractivity contribution in [3.63, 3.8) is 0 Å². The van der Waals surface area contributed by atoms with Gasteiger partial charge in [0.1, 0.15) is 9.90 Å². The van der Waals surface area contributed by atoms with Gasteiger partial charge in [-0.2, -0.15) is 4.31 Å². The lowest BCUT2D eigenvalue weighted by molar-refractivity contribution is 0.118. The van der Waals surface area contributed by atoms with Crippen LogP contribution < -0.4 is 0 Å². The van der Waals surface area contributed by atoms with Gasteiger partial charge in [-0.15, -0.1) is 11.3 Å². The van der Waals surface area contributed by atoms with Crippen molar-refractivity contribution in [1.29, 1.82) is 0 Å². The molecule has 0 amide bonds. The number of aromatic nitrogens is 2. The normalized spacial score (nSPS) is 20.7. The summed E-state index contributed by atoms with van der Waals surface area (Å²) in [5.41, 5.74) is 2.61. The van der Waals surface area contributed by atoms with Crippen LogP contribution in [0, 0.1) is 13.8 Å². The van der Waals surface area contributed by atoms with E-state index >= 15 is 0 Å². The van der Waals surface area contributed by atoms with E-state index in [1.807, 2.05) is 30.8 Å². The van der Waals surface area contributed by atoms with E-state index in [2.05, 4.69) is 9.88 Å². The predicted molar refractivity (Wildman–Crippen MR) is 113 cm³/mol. The number of hydrogen-bond acceptors (Lipinski definition) is 5. The summed E-state index contributed by atoms with van der Waals surface area (Å²) in [5, 5.41) is 2.87. The monoisotopic (exact) mass is 422 g/mol. The topological polar surface area (TPSA) is 58.4 Å². The summed E-state index contributed by atoms with van der Waals surface area (Å²) in [6.07, 6.45) is 5.76. The molecule has 4 heterocycles. The Hall–Kier alpha value is -1.22. The van der Waals surface area contributed by atoms with Crippen molar-refractivity contribution in [3.8, 4) is 10.7 Å². The first-order valence-corrected chi connectivity index (χ1v) is 12.5. The lowest BCUT2D eigenvalue weighted by Crippen LogP contribution is -2.48. The number of rotatable bonds is 4. The van der Waals surface area contributed by atoms with Gasteiger partial charge in [-0.1, -0.05) is 6.42 Å². The summed E-state index contributed by atoms with van der Waals surface area (Å²) in [4.78, 5) is 7.53. The molecule has 8 heteroatoms. The van der Waals surface area contributed by atoms with Gasteiger partial charge < -0.3 is 9.47 Å². The van der Waals surface area contributed by atoms with Gasteiger partial charge in [-0.3, -0.25) is 0 Å². The van der Waals surface area contributed by atoms with E-state index in [9.17, 15) is 8.42 Å². The third-order valence-electron chi connectivity index (χ3n) is 6.28. The smallest absolute Gasteiger partial charge is 0.244 e. The first-order valence-electron chi connectivity index (χ1n) is 10.2. The van der Waals surface area contributed by atoms with E-state index in [1.54, 1.807) is 21.7 Å². The van der Waals surface area contributed by atoms with E-state index in [4.69, 9.17) is 0 Å². The molecule has 6 nitrogen and oxygen atoms in total. The average molecular weight is 423 g/mol. The second-order valence-corrected chi connectivity index (χ2v) is 10.8. The standard InChI is InChI=1S/C20H30N4O2S2/c1-15-14-27-20(21-15)18-13-19(16(2)22(18)3)28(25,26)24-11-7-17(8-12-24)23-9-5-4-6-10-23/h13-14,17H,4-12H2,1-3H3. The van der Waals surface area contributed by atoms with Crippen LogP contribution in [-0.2, 0) is 17.1 Å². The molecular formula is C20H30N4O2S2. The second-order valence-electron chi connectivity index (χ2n) is 8.06. The minimum Gasteiger partial charge on any atom is -0.345 e. The molecule has 2 fully saturated rings. The molecular weight excluding hydrogens is 392 g/mol. The van der Waals surface area contributed by atoms with Gasteiger partial charge in [-0.25, -0.2) is 13.4 Å². The second kappa shape index (κ2) is 7.89. The maximum Gasteiger partial charge on any atom is 0.244 e. The SMILES string of the molecule is Cc1csc(-c2cc(S(=O)(=O)N3CCC(N4CCCCC4)CC3)c(C)n2C)n1. The Morgan fingerprint density at radius 2 is 1.75 bits per heavy atom. The fraction of sp³-hybridized carbons (Fsp3) is 0.650. The highest BCUT2D eigenvalue weighted by molar-refractivity contribution is 7.89. The van der Waals surface area contributed by atoms with Crippen LogP contribution in [0.3, 0.4) is 0 Å². The van der Waals surface area contributed by atoms with Gasteiger partial charge in [0.2, 0.25) is 10.0 Å². The quantitative estimate of drug-likeness (QED) is 0.758. The lowest BCUT2D eigenvalue weighted by atomic mass is 10.0. The van der Waals surface area contributed by atoms with Crippen molar-refractivity contribution in [3.05, 3.63) is 22.8 Å². The van der Waals surface area contributed by atoms with Crippen LogP contribution >= 0.6 is 11.3 Å². The average Bonchev–Trinajstić information content (AvgIpc) is 3.26. The molecule has 0 saturated carbocycles. The molecule has 0 N–H and O–H groups in total. The number of nitrogens with zero attached hydrogens (tertiary/aromatic N) is 4. The molecule has 2 saturated heterocycles. The minimum atomic E-state index is -3.48. The molecule has 2 aromatic rings. The highest BCUT2D eigenvalue weighted by atomic mass is 32.2. The first-order chi connectivity index (χ1) is 13.4. The molecule has 4 rings (SSSR count). The molecule has 0 atom stereocenters. The number of hydrogen-bond donors (Lipinski definition) is 0. The van der Waals surface area contributed by atoms with Crippen LogP contribution in [0.15, 0.2) is 16.3 Å². The van der Waals surface area contributed by atoms with E-state index in [-0.39, 0.29) is 0 Å². The van der Waals surface area contributed by atoms with Crippen molar-refractivity contribution in [2.75, 3.05) is 26.2 Å². The Kier molecular flexibility index (Phi) is 5.66. The molecule has 28 heavy (non-hydrogen) atoms. The maximum atomic E-state index is 13.4. The summed E-state index contributed by atoms with van der Waals surface area (Å²) in [6.45, 7) is 7.42. The maximum absolute atomic E-state index is 13.4. The lowest BCUT2D eigenvalue weighted by Gasteiger charge is -2.39. The van der Waals surface area contributed by atoms with Crippen LogP contribution in [0.4, 0.5) is 0 Å². The molecule has 0 aromatic carbocycles. The fourth-order valence-electron chi connectivity index (χ4n) is 4.48. The molecule has 0 bridgehead atoms. The van der Waals surface area contributed by atoms with Crippen molar-refractivity contribution in [1.82, 2.24) is 18.8 Å². The van der Waals surface area contributed by atoms with Crippen molar-refractivity contribution in [2.45, 2.75) is 56.9 Å². The zero-order valence-corrected chi connectivity index (χ0v) is 18.7. The zero-order valence-electron chi connectivity index (χ0n) is 17.0. The van der Waals surface area contributed by atoms with Crippen LogP contribution in [0.1, 0.15) is 43.5 Å². The van der Waals surface area contributed by atoms with Crippen LogP contribution in [-0.4, -0.2) is 59.4 Å². The summed E-state index contributed by atoms with van der Waals surface area (Å²) >= 11 is 1.56. The first kappa shape index (κ1) is 20.1. The van der Waals surface area contributed by atoms with Gasteiger partial charge in [0.25, 0.3) is 0 Å². The predicted octanol–water partition coefficient (Wildman–Crippen LogP) is 3.40. The Labute approximate surface area is 172 Å². The summed E-state index contributed by atoms with van der Waals surface area (Å²) in [6, 6.07) is 2.34. The molecule has 2 aromatic heterocycles. The molecule has 0 radical (unpaired) electrons.